The Kier molecular flexibility index (Phi) is 6.00. The van der Waals surface area contributed by atoms with Gasteiger partial charge in [0.25, 0.3) is 5.91 Å². The van der Waals surface area contributed by atoms with Gasteiger partial charge in [0.05, 0.1) is 19.9 Å². The summed E-state index contributed by atoms with van der Waals surface area (Å²) in [5.41, 5.74) is 1.11. The van der Waals surface area contributed by atoms with Crippen LogP contribution in [0.15, 0.2) is 42.5 Å². The van der Waals surface area contributed by atoms with Crippen molar-refractivity contribution in [2.75, 3.05) is 19.5 Å². The minimum absolute atomic E-state index is 0.0241. The van der Waals surface area contributed by atoms with Gasteiger partial charge in [-0.05, 0) is 50.2 Å². The third-order valence-electron chi connectivity index (χ3n) is 3.61. The SMILES string of the molecule is COc1ccc(NC(=O)[C@@H](C)Oc2ccc(C(C)=O)cc2)c(OC)c1. The first-order chi connectivity index (χ1) is 11.9. The lowest BCUT2D eigenvalue weighted by atomic mass is 10.1. The highest BCUT2D eigenvalue weighted by Crippen LogP contribution is 2.29. The third-order valence-corrected chi connectivity index (χ3v) is 3.61. The highest BCUT2D eigenvalue weighted by Gasteiger charge is 2.17. The lowest BCUT2D eigenvalue weighted by Crippen LogP contribution is -2.30. The molecule has 0 aliphatic rings. The summed E-state index contributed by atoms with van der Waals surface area (Å²) in [4.78, 5) is 23.6. The van der Waals surface area contributed by atoms with Crippen LogP contribution >= 0.6 is 0 Å². The van der Waals surface area contributed by atoms with Crippen LogP contribution in [-0.2, 0) is 4.79 Å². The molecule has 1 amide bonds. The molecule has 0 fully saturated rings. The molecule has 0 aliphatic carbocycles. The number of ether oxygens (including phenoxy) is 3. The van der Waals surface area contributed by atoms with E-state index in [2.05, 4.69) is 5.32 Å². The maximum absolute atomic E-state index is 12.3. The minimum atomic E-state index is -0.727. The summed E-state index contributed by atoms with van der Waals surface area (Å²) < 4.78 is 16.0. The van der Waals surface area contributed by atoms with Crippen LogP contribution in [0.5, 0.6) is 17.2 Å². The van der Waals surface area contributed by atoms with E-state index >= 15 is 0 Å². The number of carbonyl (C=O) groups excluding carboxylic acids is 2. The van der Waals surface area contributed by atoms with E-state index in [9.17, 15) is 9.59 Å². The first kappa shape index (κ1) is 18.3. The number of rotatable bonds is 7. The molecule has 25 heavy (non-hydrogen) atoms. The number of benzene rings is 2. The molecule has 0 heterocycles. The molecule has 0 saturated carbocycles. The number of hydrogen-bond donors (Lipinski definition) is 1. The van der Waals surface area contributed by atoms with Crippen molar-refractivity contribution in [1.82, 2.24) is 0 Å². The van der Waals surface area contributed by atoms with Gasteiger partial charge in [0, 0.05) is 11.6 Å². The van der Waals surface area contributed by atoms with Gasteiger partial charge >= 0.3 is 0 Å². The summed E-state index contributed by atoms with van der Waals surface area (Å²) in [5, 5.41) is 2.76. The van der Waals surface area contributed by atoms with Crippen molar-refractivity contribution in [1.29, 1.82) is 0 Å². The van der Waals surface area contributed by atoms with Crippen LogP contribution in [0.4, 0.5) is 5.69 Å². The second kappa shape index (κ2) is 8.19. The molecule has 6 heteroatoms. The number of carbonyl (C=O) groups is 2. The molecule has 0 unspecified atom stereocenters. The van der Waals surface area contributed by atoms with Gasteiger partial charge < -0.3 is 19.5 Å². The van der Waals surface area contributed by atoms with Crippen molar-refractivity contribution in [2.45, 2.75) is 20.0 Å². The van der Waals surface area contributed by atoms with Gasteiger partial charge in [-0.3, -0.25) is 9.59 Å². The first-order valence-corrected chi connectivity index (χ1v) is 7.75. The van der Waals surface area contributed by atoms with Crippen LogP contribution in [-0.4, -0.2) is 32.0 Å². The van der Waals surface area contributed by atoms with Crippen LogP contribution in [0, 0.1) is 0 Å². The van der Waals surface area contributed by atoms with Gasteiger partial charge in [-0.1, -0.05) is 0 Å². The van der Waals surface area contributed by atoms with E-state index < -0.39 is 6.10 Å². The summed E-state index contributed by atoms with van der Waals surface area (Å²) in [7, 11) is 3.07. The Morgan fingerprint density at radius 2 is 1.60 bits per heavy atom. The Labute approximate surface area is 146 Å². The molecule has 1 atom stereocenters. The number of anilines is 1. The van der Waals surface area contributed by atoms with Crippen molar-refractivity contribution in [3.8, 4) is 17.2 Å². The van der Waals surface area contributed by atoms with Crippen molar-refractivity contribution >= 4 is 17.4 Å². The predicted molar refractivity (Wildman–Crippen MR) is 94.7 cm³/mol. The van der Waals surface area contributed by atoms with Gasteiger partial charge in [-0.2, -0.15) is 0 Å². The van der Waals surface area contributed by atoms with Crippen LogP contribution in [0.1, 0.15) is 24.2 Å². The fourth-order valence-electron chi connectivity index (χ4n) is 2.16. The number of ketones is 1. The lowest BCUT2D eigenvalue weighted by Gasteiger charge is -2.16. The molecular weight excluding hydrogens is 322 g/mol. The third kappa shape index (κ3) is 4.73. The number of amides is 1. The molecule has 0 spiro atoms. The zero-order valence-corrected chi connectivity index (χ0v) is 14.7. The molecule has 0 saturated heterocycles. The number of nitrogens with one attached hydrogen (secondary N) is 1. The molecule has 0 bridgehead atoms. The molecule has 2 aromatic rings. The van der Waals surface area contributed by atoms with Crippen LogP contribution in [0.2, 0.25) is 0 Å². The fourth-order valence-corrected chi connectivity index (χ4v) is 2.16. The smallest absolute Gasteiger partial charge is 0.265 e. The highest BCUT2D eigenvalue weighted by atomic mass is 16.5. The van der Waals surface area contributed by atoms with Crippen molar-refractivity contribution < 1.29 is 23.8 Å². The molecule has 2 rings (SSSR count). The topological polar surface area (TPSA) is 73.9 Å². The summed E-state index contributed by atoms with van der Waals surface area (Å²) >= 11 is 0. The van der Waals surface area contributed by atoms with Gasteiger partial charge in [-0.15, -0.1) is 0 Å². The van der Waals surface area contributed by atoms with Crippen LogP contribution in [0.25, 0.3) is 0 Å². The molecule has 0 aromatic heterocycles. The molecule has 132 valence electrons. The van der Waals surface area contributed by atoms with E-state index in [1.807, 2.05) is 0 Å². The van der Waals surface area contributed by atoms with E-state index in [-0.39, 0.29) is 11.7 Å². The van der Waals surface area contributed by atoms with E-state index in [1.54, 1.807) is 56.5 Å². The fraction of sp³-hybridized carbons (Fsp3) is 0.263. The molecule has 0 radical (unpaired) electrons. The average Bonchev–Trinajstić information content (AvgIpc) is 2.62. The van der Waals surface area contributed by atoms with Crippen LogP contribution < -0.4 is 19.5 Å². The summed E-state index contributed by atoms with van der Waals surface area (Å²) in [6.07, 6.45) is -0.727. The van der Waals surface area contributed by atoms with Crippen molar-refractivity contribution in [2.24, 2.45) is 0 Å². The molecule has 1 N–H and O–H groups in total. The second-order valence-electron chi connectivity index (χ2n) is 5.40. The maximum Gasteiger partial charge on any atom is 0.265 e. The Morgan fingerprint density at radius 3 is 2.16 bits per heavy atom. The van der Waals surface area contributed by atoms with E-state index in [0.29, 0.717) is 28.5 Å². The maximum atomic E-state index is 12.3. The number of hydrogen-bond acceptors (Lipinski definition) is 5. The zero-order chi connectivity index (χ0) is 18.4. The van der Waals surface area contributed by atoms with Gasteiger partial charge in [0.1, 0.15) is 17.2 Å². The lowest BCUT2D eigenvalue weighted by molar-refractivity contribution is -0.122. The Bertz CT molecular complexity index is 755. The Morgan fingerprint density at radius 1 is 0.960 bits per heavy atom. The number of Topliss-reactive ketones (excluding diaryl/α,β-unsaturated/α-hetero) is 1. The Hall–Kier alpha value is -3.02. The summed E-state index contributed by atoms with van der Waals surface area (Å²) in [6.45, 7) is 3.14. The van der Waals surface area contributed by atoms with Crippen LogP contribution in [0.3, 0.4) is 0 Å². The molecule has 6 nitrogen and oxygen atoms in total. The van der Waals surface area contributed by atoms with E-state index in [1.165, 1.54) is 14.0 Å². The monoisotopic (exact) mass is 343 g/mol. The minimum Gasteiger partial charge on any atom is -0.497 e. The molecular formula is C19H21NO5. The number of methoxy groups -OCH3 is 2. The molecule has 0 aliphatic heterocycles. The molecule has 2 aromatic carbocycles. The Balaban J connectivity index is 2.04. The van der Waals surface area contributed by atoms with Gasteiger partial charge in [0.2, 0.25) is 0 Å². The zero-order valence-electron chi connectivity index (χ0n) is 14.7. The normalized spacial score (nSPS) is 11.4. The quantitative estimate of drug-likeness (QED) is 0.781. The van der Waals surface area contributed by atoms with E-state index in [4.69, 9.17) is 14.2 Å². The van der Waals surface area contributed by atoms with Gasteiger partial charge in [-0.25, -0.2) is 0 Å². The average molecular weight is 343 g/mol. The van der Waals surface area contributed by atoms with E-state index in [0.717, 1.165) is 0 Å². The second-order valence-corrected chi connectivity index (χ2v) is 5.40. The first-order valence-electron chi connectivity index (χ1n) is 7.75. The summed E-state index contributed by atoms with van der Waals surface area (Å²) in [5.74, 6) is 1.29. The predicted octanol–water partition coefficient (Wildman–Crippen LogP) is 3.31. The largest absolute Gasteiger partial charge is 0.497 e. The van der Waals surface area contributed by atoms with Crippen molar-refractivity contribution in [3.05, 3.63) is 48.0 Å². The highest BCUT2D eigenvalue weighted by molar-refractivity contribution is 5.96. The van der Waals surface area contributed by atoms with Gasteiger partial charge in [0.15, 0.2) is 11.9 Å². The summed E-state index contributed by atoms with van der Waals surface area (Å²) in [6, 6.07) is 11.8. The van der Waals surface area contributed by atoms with Crippen molar-refractivity contribution in [3.63, 3.8) is 0 Å². The standard InChI is InChI=1S/C19H21NO5/c1-12(21)14-5-7-15(8-6-14)25-13(2)19(22)20-17-10-9-16(23-3)11-18(17)24-4/h5-11,13H,1-4H3,(H,20,22)/t13-/m1/s1.